The van der Waals surface area contributed by atoms with E-state index in [1.165, 1.54) is 0 Å². The molecule has 1 N–H and O–H groups in total. The molecule has 0 aliphatic carbocycles. The lowest BCUT2D eigenvalue weighted by atomic mass is 10.0. The minimum Gasteiger partial charge on any atom is -0.348 e. The van der Waals surface area contributed by atoms with E-state index >= 15 is 0 Å². The Hall–Kier alpha value is -3.88. The molecule has 164 valence electrons. The molecule has 4 rings (SSSR count). The number of nitrogens with zero attached hydrogens (tertiary/aromatic N) is 3. The molecule has 0 saturated carbocycles. The second-order valence-corrected chi connectivity index (χ2v) is 8.29. The summed E-state index contributed by atoms with van der Waals surface area (Å²) in [6, 6.07) is 24.9. The maximum Gasteiger partial charge on any atom is 0.251 e. The Bertz CT molecular complexity index is 1340. The van der Waals surface area contributed by atoms with Crippen molar-refractivity contribution >= 4 is 17.5 Å². The number of carbonyl (C=O) groups excluding carboxylic acids is 1. The zero-order valence-electron chi connectivity index (χ0n) is 18.5. The number of carbonyl (C=O) groups is 1. The number of aromatic nitrogens is 2. The molecule has 0 spiro atoms. The van der Waals surface area contributed by atoms with Crippen LogP contribution in [-0.4, -0.2) is 15.7 Å². The monoisotopic (exact) mass is 454 g/mol. The SMILES string of the molecule is Cc1nn(-c2ccc(C#N)c(Cl)c2)c(C)c1Cc1ccc(C(=O)NCc2ccccc2)cc1. The van der Waals surface area contributed by atoms with Crippen LogP contribution in [0.2, 0.25) is 5.02 Å². The highest BCUT2D eigenvalue weighted by atomic mass is 35.5. The highest BCUT2D eigenvalue weighted by Gasteiger charge is 2.15. The molecule has 0 radical (unpaired) electrons. The van der Waals surface area contributed by atoms with Gasteiger partial charge in [0.1, 0.15) is 6.07 Å². The van der Waals surface area contributed by atoms with E-state index < -0.39 is 0 Å². The van der Waals surface area contributed by atoms with Crippen LogP contribution in [0.5, 0.6) is 0 Å². The summed E-state index contributed by atoms with van der Waals surface area (Å²) < 4.78 is 1.85. The van der Waals surface area contributed by atoms with Crippen molar-refractivity contribution < 1.29 is 4.79 Å². The summed E-state index contributed by atoms with van der Waals surface area (Å²) in [6.45, 7) is 4.50. The van der Waals surface area contributed by atoms with Crippen molar-refractivity contribution in [2.24, 2.45) is 0 Å². The van der Waals surface area contributed by atoms with Gasteiger partial charge in [-0.15, -0.1) is 0 Å². The number of benzene rings is 3. The summed E-state index contributed by atoms with van der Waals surface area (Å²) in [5.74, 6) is -0.0942. The van der Waals surface area contributed by atoms with Crippen LogP contribution in [0.15, 0.2) is 72.8 Å². The smallest absolute Gasteiger partial charge is 0.251 e. The third-order valence-electron chi connectivity index (χ3n) is 5.65. The standard InChI is InChI=1S/C27H23ClN4O/c1-18-25(19(2)32(31-18)24-13-12-23(16-29)26(28)15-24)14-20-8-10-22(11-9-20)27(33)30-17-21-6-4-3-5-7-21/h3-13,15H,14,17H2,1-2H3,(H,30,33). The van der Waals surface area contributed by atoms with Crippen LogP contribution >= 0.6 is 11.6 Å². The third-order valence-corrected chi connectivity index (χ3v) is 5.96. The lowest BCUT2D eigenvalue weighted by Crippen LogP contribution is -2.22. The first-order valence-corrected chi connectivity index (χ1v) is 11.0. The van der Waals surface area contributed by atoms with Gasteiger partial charge in [0.05, 0.1) is 22.0 Å². The highest BCUT2D eigenvalue weighted by Crippen LogP contribution is 2.24. The molecule has 6 heteroatoms. The first kappa shape index (κ1) is 22.3. The Balaban J connectivity index is 1.48. The normalized spacial score (nSPS) is 10.6. The maximum absolute atomic E-state index is 12.5. The summed E-state index contributed by atoms with van der Waals surface area (Å²) in [7, 11) is 0. The Labute approximate surface area is 198 Å². The molecule has 3 aromatic carbocycles. The molecule has 0 atom stereocenters. The Morgan fingerprint density at radius 3 is 2.42 bits per heavy atom. The van der Waals surface area contributed by atoms with Crippen molar-refractivity contribution in [3.63, 3.8) is 0 Å². The van der Waals surface area contributed by atoms with Gasteiger partial charge in [-0.25, -0.2) is 4.68 Å². The van der Waals surface area contributed by atoms with Crippen molar-refractivity contribution in [3.05, 3.63) is 117 Å². The van der Waals surface area contributed by atoms with Crippen LogP contribution in [0.4, 0.5) is 0 Å². The van der Waals surface area contributed by atoms with E-state index in [1.54, 1.807) is 12.1 Å². The fraction of sp³-hybridized carbons (Fsp3) is 0.148. The Morgan fingerprint density at radius 1 is 1.03 bits per heavy atom. The lowest BCUT2D eigenvalue weighted by Gasteiger charge is -2.08. The van der Waals surface area contributed by atoms with Crippen molar-refractivity contribution in [2.45, 2.75) is 26.8 Å². The van der Waals surface area contributed by atoms with Crippen LogP contribution in [0, 0.1) is 25.2 Å². The van der Waals surface area contributed by atoms with E-state index in [4.69, 9.17) is 16.9 Å². The van der Waals surface area contributed by atoms with Gasteiger partial charge in [0.2, 0.25) is 0 Å². The topological polar surface area (TPSA) is 70.7 Å². The minimum absolute atomic E-state index is 0.0942. The highest BCUT2D eigenvalue weighted by molar-refractivity contribution is 6.31. The van der Waals surface area contributed by atoms with Crippen molar-refractivity contribution in [1.82, 2.24) is 15.1 Å². The molecule has 0 fully saturated rings. The molecular formula is C27H23ClN4O. The van der Waals surface area contributed by atoms with Gasteiger partial charge in [0.25, 0.3) is 5.91 Å². The van der Waals surface area contributed by atoms with Crippen molar-refractivity contribution in [1.29, 1.82) is 5.26 Å². The molecule has 1 aromatic heterocycles. The number of nitrogens with one attached hydrogen (secondary N) is 1. The Kier molecular flexibility index (Phi) is 6.58. The molecule has 0 bridgehead atoms. The first-order chi connectivity index (χ1) is 16.0. The van der Waals surface area contributed by atoms with Gasteiger partial charge < -0.3 is 5.32 Å². The van der Waals surface area contributed by atoms with E-state index in [-0.39, 0.29) is 5.91 Å². The van der Waals surface area contributed by atoms with Gasteiger partial charge in [-0.3, -0.25) is 4.79 Å². The van der Waals surface area contributed by atoms with Crippen LogP contribution in [-0.2, 0) is 13.0 Å². The van der Waals surface area contributed by atoms with Crippen molar-refractivity contribution in [3.8, 4) is 11.8 Å². The number of amides is 1. The van der Waals surface area contributed by atoms with Crippen LogP contribution < -0.4 is 5.32 Å². The summed E-state index contributed by atoms with van der Waals surface area (Å²) in [6.07, 6.45) is 0.702. The number of nitriles is 1. The van der Waals surface area contributed by atoms with Crippen molar-refractivity contribution in [2.75, 3.05) is 0 Å². The molecular weight excluding hydrogens is 432 g/mol. The van der Waals surface area contributed by atoms with E-state index in [2.05, 4.69) is 16.5 Å². The fourth-order valence-electron chi connectivity index (χ4n) is 3.77. The molecule has 0 saturated heterocycles. The van der Waals surface area contributed by atoms with E-state index in [9.17, 15) is 4.79 Å². The largest absolute Gasteiger partial charge is 0.348 e. The predicted octanol–water partition coefficient (Wildman–Crippen LogP) is 5.54. The van der Waals surface area contributed by atoms with E-state index in [1.807, 2.05) is 79.2 Å². The van der Waals surface area contributed by atoms with Crippen LogP contribution in [0.1, 0.15) is 44.0 Å². The predicted molar refractivity (Wildman–Crippen MR) is 130 cm³/mol. The number of hydrogen-bond donors (Lipinski definition) is 1. The zero-order valence-corrected chi connectivity index (χ0v) is 19.2. The van der Waals surface area contributed by atoms with Gasteiger partial charge >= 0.3 is 0 Å². The van der Waals surface area contributed by atoms with Crippen LogP contribution in [0.25, 0.3) is 5.69 Å². The molecule has 0 aliphatic heterocycles. The minimum atomic E-state index is -0.0942. The molecule has 5 nitrogen and oxygen atoms in total. The summed E-state index contributed by atoms with van der Waals surface area (Å²) in [5, 5.41) is 17.1. The van der Waals surface area contributed by atoms with Gasteiger partial charge in [-0.2, -0.15) is 10.4 Å². The third kappa shape index (κ3) is 4.97. The molecule has 0 unspecified atom stereocenters. The molecule has 1 amide bonds. The van der Waals surface area contributed by atoms with Gasteiger partial charge in [0, 0.05) is 29.8 Å². The zero-order chi connectivity index (χ0) is 23.4. The average Bonchev–Trinajstić information content (AvgIpc) is 3.12. The van der Waals surface area contributed by atoms with Gasteiger partial charge in [-0.05, 0) is 55.3 Å². The molecule has 4 aromatic rings. The quantitative estimate of drug-likeness (QED) is 0.416. The van der Waals surface area contributed by atoms with E-state index in [0.29, 0.717) is 29.1 Å². The van der Waals surface area contributed by atoms with Gasteiger partial charge in [-0.1, -0.05) is 54.1 Å². The number of hydrogen-bond acceptors (Lipinski definition) is 3. The van der Waals surface area contributed by atoms with Gasteiger partial charge in [0.15, 0.2) is 0 Å². The van der Waals surface area contributed by atoms with E-state index in [0.717, 1.165) is 33.8 Å². The molecule has 33 heavy (non-hydrogen) atoms. The van der Waals surface area contributed by atoms with Crippen LogP contribution in [0.3, 0.4) is 0 Å². The summed E-state index contributed by atoms with van der Waals surface area (Å²) in [4.78, 5) is 12.5. The second kappa shape index (κ2) is 9.72. The average molecular weight is 455 g/mol. The Morgan fingerprint density at radius 2 is 1.76 bits per heavy atom. The first-order valence-electron chi connectivity index (χ1n) is 10.6. The fourth-order valence-corrected chi connectivity index (χ4v) is 3.98. The molecule has 1 heterocycles. The maximum atomic E-state index is 12.5. The summed E-state index contributed by atoms with van der Waals surface area (Å²) in [5.41, 5.74) is 7.11. The molecule has 0 aliphatic rings. The number of rotatable bonds is 6. The second-order valence-electron chi connectivity index (χ2n) is 7.88. The number of halogens is 1. The lowest BCUT2D eigenvalue weighted by molar-refractivity contribution is 0.0951. The summed E-state index contributed by atoms with van der Waals surface area (Å²) >= 11 is 6.21. The number of aryl methyl sites for hydroxylation is 1.